The van der Waals surface area contributed by atoms with E-state index in [1.807, 2.05) is 18.2 Å². The van der Waals surface area contributed by atoms with Crippen LogP contribution in [0.15, 0.2) is 60.7 Å². The average Bonchev–Trinajstić information content (AvgIpc) is 2.65. The zero-order valence-corrected chi connectivity index (χ0v) is 14.6. The first-order valence-corrected chi connectivity index (χ1v) is 9.32. The molecule has 2 heteroatoms. The Labute approximate surface area is 145 Å². The lowest BCUT2D eigenvalue weighted by Gasteiger charge is -2.43. The molecule has 0 amide bonds. The second kappa shape index (κ2) is 7.96. The summed E-state index contributed by atoms with van der Waals surface area (Å²) in [5.41, 5.74) is 1.43. The lowest BCUT2D eigenvalue weighted by Crippen LogP contribution is -2.48. The molecule has 2 N–H and O–H groups in total. The van der Waals surface area contributed by atoms with E-state index in [-0.39, 0.29) is 5.92 Å². The second-order valence-corrected chi connectivity index (χ2v) is 6.99. The molecule has 0 bridgehead atoms. The lowest BCUT2D eigenvalue weighted by molar-refractivity contribution is -0.0177. The van der Waals surface area contributed by atoms with Gasteiger partial charge in [0.05, 0.1) is 5.60 Å². The van der Waals surface area contributed by atoms with Crippen LogP contribution in [0.5, 0.6) is 0 Å². The first kappa shape index (κ1) is 17.2. The van der Waals surface area contributed by atoms with Gasteiger partial charge in [-0.1, -0.05) is 80.4 Å². The quantitative estimate of drug-likeness (QED) is 0.814. The Hall–Kier alpha value is -1.64. The van der Waals surface area contributed by atoms with Gasteiger partial charge in [0.1, 0.15) is 0 Å². The van der Waals surface area contributed by atoms with Gasteiger partial charge in [0, 0.05) is 12.0 Å². The summed E-state index contributed by atoms with van der Waals surface area (Å²) in [5.74, 6) is 0.0707. The maximum Gasteiger partial charge on any atom is 0.0979 e. The van der Waals surface area contributed by atoms with Crippen molar-refractivity contribution in [2.24, 2.45) is 0 Å². The monoisotopic (exact) mass is 323 g/mol. The normalized spacial score (nSPS) is 21.8. The SMILES string of the molecule is CCC[C@](O)(c1ccccc1)[C@@H](c1ccccc1)[C@@H]1CCCCN1. The molecule has 0 unspecified atom stereocenters. The van der Waals surface area contributed by atoms with E-state index in [2.05, 4.69) is 54.7 Å². The summed E-state index contributed by atoms with van der Waals surface area (Å²) in [6.45, 7) is 3.20. The molecule has 3 rings (SSSR count). The van der Waals surface area contributed by atoms with Crippen LogP contribution in [0.4, 0.5) is 0 Å². The van der Waals surface area contributed by atoms with Crippen LogP contribution < -0.4 is 5.32 Å². The summed E-state index contributed by atoms with van der Waals surface area (Å²) >= 11 is 0. The molecular weight excluding hydrogens is 294 g/mol. The Balaban J connectivity index is 2.06. The zero-order valence-electron chi connectivity index (χ0n) is 14.6. The number of nitrogens with one attached hydrogen (secondary N) is 1. The number of hydrogen-bond donors (Lipinski definition) is 2. The van der Waals surface area contributed by atoms with Crippen LogP contribution >= 0.6 is 0 Å². The van der Waals surface area contributed by atoms with E-state index >= 15 is 0 Å². The van der Waals surface area contributed by atoms with Crippen molar-refractivity contribution < 1.29 is 5.11 Å². The lowest BCUT2D eigenvalue weighted by atomic mass is 9.69. The van der Waals surface area contributed by atoms with Gasteiger partial charge in [0.25, 0.3) is 0 Å². The molecule has 2 aromatic carbocycles. The van der Waals surface area contributed by atoms with Crippen molar-refractivity contribution in [3.8, 4) is 0 Å². The van der Waals surface area contributed by atoms with Crippen molar-refractivity contribution in [3.63, 3.8) is 0 Å². The standard InChI is InChI=1S/C22H29NO/c1-2-16-22(24,19-13-7-4-8-14-19)21(18-11-5-3-6-12-18)20-15-9-10-17-23-20/h3-8,11-14,20-21,23-24H,2,9-10,15-17H2,1H3/t20-,21-,22-/m0/s1. The third kappa shape index (κ3) is 3.55. The highest BCUT2D eigenvalue weighted by Crippen LogP contribution is 2.44. The molecule has 128 valence electrons. The Morgan fingerprint density at radius 1 is 1.04 bits per heavy atom. The first-order valence-electron chi connectivity index (χ1n) is 9.32. The predicted molar refractivity (Wildman–Crippen MR) is 100 cm³/mol. The zero-order chi connectivity index (χ0) is 16.8. The van der Waals surface area contributed by atoms with Gasteiger partial charge in [-0.3, -0.25) is 0 Å². The minimum atomic E-state index is -0.841. The smallest absolute Gasteiger partial charge is 0.0979 e. The topological polar surface area (TPSA) is 32.3 Å². The largest absolute Gasteiger partial charge is 0.384 e. The number of rotatable bonds is 6. The van der Waals surface area contributed by atoms with Crippen molar-refractivity contribution >= 4 is 0 Å². The van der Waals surface area contributed by atoms with Crippen LogP contribution in [0.2, 0.25) is 0 Å². The Morgan fingerprint density at radius 2 is 1.71 bits per heavy atom. The third-order valence-corrected chi connectivity index (χ3v) is 5.33. The van der Waals surface area contributed by atoms with E-state index < -0.39 is 5.60 Å². The number of aliphatic hydroxyl groups is 1. The first-order chi connectivity index (χ1) is 11.8. The van der Waals surface area contributed by atoms with Crippen molar-refractivity contribution in [1.29, 1.82) is 0 Å². The molecule has 2 aromatic rings. The number of benzene rings is 2. The molecule has 0 aromatic heterocycles. The van der Waals surface area contributed by atoms with Crippen LogP contribution in [0.3, 0.4) is 0 Å². The summed E-state index contributed by atoms with van der Waals surface area (Å²) in [4.78, 5) is 0. The molecule has 0 aliphatic carbocycles. The molecule has 1 aliphatic rings. The fourth-order valence-corrected chi connectivity index (χ4v) is 4.25. The molecule has 0 spiro atoms. The van der Waals surface area contributed by atoms with E-state index in [4.69, 9.17) is 0 Å². The maximum absolute atomic E-state index is 11.9. The van der Waals surface area contributed by atoms with Gasteiger partial charge in [0.2, 0.25) is 0 Å². The van der Waals surface area contributed by atoms with Crippen LogP contribution in [0, 0.1) is 0 Å². The van der Waals surface area contributed by atoms with E-state index in [1.54, 1.807) is 0 Å². The summed E-state index contributed by atoms with van der Waals surface area (Å²) < 4.78 is 0. The van der Waals surface area contributed by atoms with Crippen molar-refractivity contribution in [3.05, 3.63) is 71.8 Å². The molecule has 0 saturated carbocycles. The van der Waals surface area contributed by atoms with Crippen LogP contribution in [-0.2, 0) is 5.60 Å². The fourth-order valence-electron chi connectivity index (χ4n) is 4.25. The van der Waals surface area contributed by atoms with Gasteiger partial charge in [-0.25, -0.2) is 0 Å². The molecule has 1 fully saturated rings. The van der Waals surface area contributed by atoms with Crippen LogP contribution in [0.25, 0.3) is 0 Å². The van der Waals surface area contributed by atoms with E-state index in [0.29, 0.717) is 6.04 Å². The highest BCUT2D eigenvalue weighted by molar-refractivity contribution is 5.33. The minimum absolute atomic E-state index is 0.0707. The number of hydrogen-bond acceptors (Lipinski definition) is 2. The third-order valence-electron chi connectivity index (χ3n) is 5.33. The van der Waals surface area contributed by atoms with Crippen molar-refractivity contribution in [2.75, 3.05) is 6.54 Å². The van der Waals surface area contributed by atoms with E-state index in [0.717, 1.165) is 31.4 Å². The van der Waals surface area contributed by atoms with Gasteiger partial charge in [-0.05, 0) is 36.9 Å². The molecule has 0 radical (unpaired) electrons. The molecule has 24 heavy (non-hydrogen) atoms. The molecular formula is C22H29NO. The Bertz CT molecular complexity index is 606. The minimum Gasteiger partial charge on any atom is -0.384 e. The summed E-state index contributed by atoms with van der Waals surface area (Å²) in [7, 11) is 0. The predicted octanol–water partition coefficient (Wildman–Crippen LogP) is 4.60. The summed E-state index contributed by atoms with van der Waals surface area (Å²) in [5, 5.41) is 15.6. The fraction of sp³-hybridized carbons (Fsp3) is 0.455. The summed E-state index contributed by atoms with van der Waals surface area (Å²) in [6, 6.07) is 21.1. The molecule has 1 aliphatic heterocycles. The maximum atomic E-state index is 11.9. The van der Waals surface area contributed by atoms with Gasteiger partial charge >= 0.3 is 0 Å². The van der Waals surface area contributed by atoms with Crippen molar-refractivity contribution in [2.45, 2.75) is 56.6 Å². The molecule has 1 saturated heterocycles. The van der Waals surface area contributed by atoms with Gasteiger partial charge in [-0.15, -0.1) is 0 Å². The Kier molecular flexibility index (Phi) is 5.70. The average molecular weight is 323 g/mol. The Morgan fingerprint density at radius 3 is 2.29 bits per heavy atom. The van der Waals surface area contributed by atoms with E-state index in [9.17, 15) is 5.11 Å². The van der Waals surface area contributed by atoms with Gasteiger partial charge < -0.3 is 10.4 Å². The molecule has 3 atom stereocenters. The highest BCUT2D eigenvalue weighted by Gasteiger charge is 2.43. The second-order valence-electron chi connectivity index (χ2n) is 6.99. The van der Waals surface area contributed by atoms with Crippen molar-refractivity contribution in [1.82, 2.24) is 5.32 Å². The molecule has 2 nitrogen and oxygen atoms in total. The molecule has 1 heterocycles. The van der Waals surface area contributed by atoms with Crippen LogP contribution in [-0.4, -0.2) is 17.7 Å². The van der Waals surface area contributed by atoms with Gasteiger partial charge in [-0.2, -0.15) is 0 Å². The van der Waals surface area contributed by atoms with E-state index in [1.165, 1.54) is 18.4 Å². The number of piperidine rings is 1. The van der Waals surface area contributed by atoms with Crippen LogP contribution in [0.1, 0.15) is 56.1 Å². The van der Waals surface area contributed by atoms with Gasteiger partial charge in [0.15, 0.2) is 0 Å². The summed E-state index contributed by atoms with van der Waals surface area (Å²) in [6.07, 6.45) is 5.32. The highest BCUT2D eigenvalue weighted by atomic mass is 16.3.